The summed E-state index contributed by atoms with van der Waals surface area (Å²) in [6.45, 7) is 1.92. The topological polar surface area (TPSA) is 64.6 Å². The molecule has 0 spiro atoms. The summed E-state index contributed by atoms with van der Waals surface area (Å²) in [4.78, 5) is 0.0975. The zero-order valence-electron chi connectivity index (χ0n) is 13.7. The van der Waals surface area contributed by atoms with Gasteiger partial charge in [0.15, 0.2) is 0 Å². The molecular weight excluding hydrogens is 350 g/mol. The largest absolute Gasteiger partial charge is 0.497 e. The van der Waals surface area contributed by atoms with Crippen molar-refractivity contribution in [2.24, 2.45) is 0 Å². The van der Waals surface area contributed by atoms with Crippen LogP contribution in [0.25, 0.3) is 0 Å². The molecule has 0 fully saturated rings. The highest BCUT2D eigenvalue weighted by Gasteiger charge is 2.21. The van der Waals surface area contributed by atoms with Crippen LogP contribution in [0.5, 0.6) is 11.5 Å². The summed E-state index contributed by atoms with van der Waals surface area (Å²) in [5, 5.41) is 0.248. The predicted molar refractivity (Wildman–Crippen MR) is 94.4 cm³/mol. The quantitative estimate of drug-likeness (QED) is 0.806. The van der Waals surface area contributed by atoms with E-state index in [1.807, 2.05) is 19.1 Å². The van der Waals surface area contributed by atoms with Gasteiger partial charge in [-0.1, -0.05) is 30.7 Å². The fourth-order valence-electron chi connectivity index (χ4n) is 2.29. The van der Waals surface area contributed by atoms with Crippen LogP contribution < -0.4 is 14.2 Å². The van der Waals surface area contributed by atoms with E-state index < -0.39 is 10.0 Å². The van der Waals surface area contributed by atoms with Gasteiger partial charge in [0, 0.05) is 6.04 Å². The van der Waals surface area contributed by atoms with Gasteiger partial charge in [0.1, 0.15) is 11.5 Å². The molecule has 0 heterocycles. The lowest BCUT2D eigenvalue weighted by molar-refractivity contribution is 0.414. The van der Waals surface area contributed by atoms with Crippen LogP contribution >= 0.6 is 11.6 Å². The lowest BCUT2D eigenvalue weighted by Crippen LogP contribution is -2.28. The summed E-state index contributed by atoms with van der Waals surface area (Å²) in [6, 6.07) is 11.3. The lowest BCUT2D eigenvalue weighted by Gasteiger charge is -2.18. The Balaban J connectivity index is 2.26. The van der Waals surface area contributed by atoms with E-state index in [4.69, 9.17) is 21.1 Å². The van der Waals surface area contributed by atoms with Crippen LogP contribution in [0.2, 0.25) is 5.02 Å². The third-order valence-electron chi connectivity index (χ3n) is 3.66. The first-order chi connectivity index (χ1) is 11.4. The number of rotatable bonds is 7. The number of hydrogen-bond donors (Lipinski definition) is 1. The maximum absolute atomic E-state index is 12.6. The molecule has 0 aromatic heterocycles. The van der Waals surface area contributed by atoms with E-state index in [1.165, 1.54) is 25.3 Å². The van der Waals surface area contributed by atoms with Crippen LogP contribution in [0.3, 0.4) is 0 Å². The van der Waals surface area contributed by atoms with Gasteiger partial charge in [-0.25, -0.2) is 13.1 Å². The number of halogens is 1. The second-order valence-corrected chi connectivity index (χ2v) is 7.27. The van der Waals surface area contributed by atoms with E-state index in [0.29, 0.717) is 12.2 Å². The smallest absolute Gasteiger partial charge is 0.241 e. The molecule has 0 aliphatic carbocycles. The van der Waals surface area contributed by atoms with E-state index in [2.05, 4.69) is 4.72 Å². The molecular formula is C17H20ClNO4S. The number of hydrogen-bond acceptors (Lipinski definition) is 4. The van der Waals surface area contributed by atoms with E-state index in [9.17, 15) is 8.42 Å². The first-order valence-corrected chi connectivity index (χ1v) is 9.27. The molecule has 130 valence electrons. The van der Waals surface area contributed by atoms with Crippen molar-refractivity contribution in [1.82, 2.24) is 4.72 Å². The normalized spacial score (nSPS) is 12.7. The van der Waals surface area contributed by atoms with Gasteiger partial charge in [0.25, 0.3) is 0 Å². The molecule has 0 amide bonds. The Morgan fingerprint density at radius 1 is 1.08 bits per heavy atom. The Morgan fingerprint density at radius 2 is 1.75 bits per heavy atom. The zero-order valence-corrected chi connectivity index (χ0v) is 15.3. The second kappa shape index (κ2) is 7.88. The van der Waals surface area contributed by atoms with Gasteiger partial charge in [-0.05, 0) is 42.3 Å². The summed E-state index contributed by atoms with van der Waals surface area (Å²) in [5.74, 6) is 1.15. The van der Waals surface area contributed by atoms with Crippen molar-refractivity contribution < 1.29 is 17.9 Å². The minimum absolute atomic E-state index is 0.0975. The third kappa shape index (κ3) is 4.20. The summed E-state index contributed by atoms with van der Waals surface area (Å²) >= 11 is 6.03. The van der Waals surface area contributed by atoms with Gasteiger partial charge < -0.3 is 9.47 Å². The van der Waals surface area contributed by atoms with E-state index in [-0.39, 0.29) is 16.0 Å². The molecule has 1 atom stereocenters. The molecule has 0 saturated carbocycles. The van der Waals surface area contributed by atoms with Crippen molar-refractivity contribution in [3.05, 3.63) is 53.1 Å². The van der Waals surface area contributed by atoms with Crippen LogP contribution in [-0.4, -0.2) is 22.6 Å². The Morgan fingerprint density at radius 3 is 2.25 bits per heavy atom. The molecule has 0 aliphatic heterocycles. The Hall–Kier alpha value is -1.76. The Labute approximate surface area is 147 Å². The Bertz CT molecular complexity index is 791. The average Bonchev–Trinajstić information content (AvgIpc) is 2.59. The van der Waals surface area contributed by atoms with Crippen molar-refractivity contribution in [2.75, 3.05) is 14.2 Å². The number of nitrogens with one attached hydrogen (secondary N) is 1. The van der Waals surface area contributed by atoms with E-state index >= 15 is 0 Å². The van der Waals surface area contributed by atoms with Gasteiger partial charge >= 0.3 is 0 Å². The maximum Gasteiger partial charge on any atom is 0.241 e. The van der Waals surface area contributed by atoms with E-state index in [1.54, 1.807) is 19.2 Å². The van der Waals surface area contributed by atoms with Crippen molar-refractivity contribution >= 4 is 21.6 Å². The minimum atomic E-state index is -3.70. The molecule has 2 aromatic rings. The van der Waals surface area contributed by atoms with Crippen molar-refractivity contribution in [1.29, 1.82) is 0 Å². The molecule has 2 aromatic carbocycles. The monoisotopic (exact) mass is 369 g/mol. The summed E-state index contributed by atoms with van der Waals surface area (Å²) in [6.07, 6.45) is 0.607. The van der Waals surface area contributed by atoms with Crippen LogP contribution in [0.15, 0.2) is 47.4 Å². The van der Waals surface area contributed by atoms with Gasteiger partial charge in [-0.15, -0.1) is 0 Å². The molecule has 0 radical (unpaired) electrons. The van der Waals surface area contributed by atoms with Crippen molar-refractivity contribution in [3.8, 4) is 11.5 Å². The van der Waals surface area contributed by atoms with Crippen LogP contribution in [0.1, 0.15) is 24.9 Å². The van der Waals surface area contributed by atoms with Gasteiger partial charge in [0.05, 0.1) is 24.1 Å². The molecule has 1 N–H and O–H groups in total. The highest BCUT2D eigenvalue weighted by Crippen LogP contribution is 2.28. The van der Waals surface area contributed by atoms with Crippen molar-refractivity contribution in [3.63, 3.8) is 0 Å². The summed E-state index contributed by atoms with van der Waals surface area (Å²) in [5.41, 5.74) is 0.862. The van der Waals surface area contributed by atoms with Crippen molar-refractivity contribution in [2.45, 2.75) is 24.3 Å². The van der Waals surface area contributed by atoms with Gasteiger partial charge in [0.2, 0.25) is 10.0 Å². The first-order valence-electron chi connectivity index (χ1n) is 7.41. The Kier molecular flexibility index (Phi) is 6.10. The fraction of sp³-hybridized carbons (Fsp3) is 0.294. The SMILES string of the molecule is CC[C@@H](NS(=O)(=O)c1ccc(OC)c(Cl)c1)c1ccc(OC)cc1. The number of ether oxygens (including phenoxy) is 2. The molecule has 7 heteroatoms. The minimum Gasteiger partial charge on any atom is -0.497 e. The molecule has 2 rings (SSSR count). The standard InChI is InChI=1S/C17H20ClNO4S/c1-4-16(12-5-7-13(22-2)8-6-12)19-24(20,21)14-9-10-17(23-3)15(18)11-14/h5-11,16,19H,4H2,1-3H3/t16-/m1/s1. The molecule has 0 bridgehead atoms. The van der Waals surface area contributed by atoms with Gasteiger partial charge in [-0.2, -0.15) is 0 Å². The predicted octanol–water partition coefficient (Wildman–Crippen LogP) is 3.79. The molecule has 0 aliphatic rings. The van der Waals surface area contributed by atoms with E-state index in [0.717, 1.165) is 11.3 Å². The molecule has 0 saturated heterocycles. The number of sulfonamides is 1. The second-order valence-electron chi connectivity index (χ2n) is 5.15. The number of methoxy groups -OCH3 is 2. The summed E-state index contributed by atoms with van der Waals surface area (Å²) in [7, 11) is -0.642. The highest BCUT2D eigenvalue weighted by molar-refractivity contribution is 7.89. The first kappa shape index (κ1) is 18.6. The van der Waals surface area contributed by atoms with Crippen LogP contribution in [0, 0.1) is 0 Å². The van der Waals surface area contributed by atoms with Crippen LogP contribution in [-0.2, 0) is 10.0 Å². The molecule has 24 heavy (non-hydrogen) atoms. The number of benzene rings is 2. The molecule has 0 unspecified atom stereocenters. The lowest BCUT2D eigenvalue weighted by atomic mass is 10.1. The fourth-order valence-corrected chi connectivity index (χ4v) is 3.95. The maximum atomic E-state index is 12.6. The highest BCUT2D eigenvalue weighted by atomic mass is 35.5. The third-order valence-corrected chi connectivity index (χ3v) is 5.42. The van der Waals surface area contributed by atoms with Gasteiger partial charge in [-0.3, -0.25) is 0 Å². The zero-order chi connectivity index (χ0) is 17.7. The summed E-state index contributed by atoms with van der Waals surface area (Å²) < 4.78 is 38.1. The van der Waals surface area contributed by atoms with Crippen LogP contribution in [0.4, 0.5) is 0 Å². The average molecular weight is 370 g/mol. The molecule has 5 nitrogen and oxygen atoms in total.